The standard InChI is InChI=1S/C9H8S/c1-2-4-8(3-1)9-5-6-10-7-9/h1-3,5-7H,4H2. The summed E-state index contributed by atoms with van der Waals surface area (Å²) >= 11 is 1.76. The molecule has 2 rings (SSSR count). The van der Waals surface area contributed by atoms with Gasteiger partial charge in [0, 0.05) is 0 Å². The van der Waals surface area contributed by atoms with Crippen LogP contribution in [0.1, 0.15) is 12.0 Å². The van der Waals surface area contributed by atoms with Gasteiger partial charge in [0.1, 0.15) is 0 Å². The molecule has 0 bridgehead atoms. The molecule has 0 saturated carbocycles. The Bertz CT molecular complexity index is 265. The van der Waals surface area contributed by atoms with Crippen molar-refractivity contribution in [3.05, 3.63) is 40.6 Å². The Morgan fingerprint density at radius 1 is 1.40 bits per heavy atom. The number of hydrogen-bond donors (Lipinski definition) is 0. The van der Waals surface area contributed by atoms with Crippen LogP contribution in [0.5, 0.6) is 0 Å². The lowest BCUT2D eigenvalue weighted by atomic mass is 10.1. The predicted octanol–water partition coefficient (Wildman–Crippen LogP) is 3.09. The fraction of sp³-hybridized carbons (Fsp3) is 0.111. The molecule has 1 heteroatoms. The third-order valence-electron chi connectivity index (χ3n) is 1.66. The number of allylic oxidation sites excluding steroid dienone is 4. The summed E-state index contributed by atoms with van der Waals surface area (Å²) in [5.74, 6) is 0. The molecule has 1 aromatic heterocycles. The van der Waals surface area contributed by atoms with E-state index >= 15 is 0 Å². The molecule has 0 atom stereocenters. The molecule has 1 aliphatic carbocycles. The topological polar surface area (TPSA) is 0 Å². The van der Waals surface area contributed by atoms with E-state index in [-0.39, 0.29) is 0 Å². The zero-order valence-electron chi connectivity index (χ0n) is 5.58. The Hall–Kier alpha value is -0.820. The van der Waals surface area contributed by atoms with Crippen LogP contribution >= 0.6 is 11.3 Å². The molecule has 10 heavy (non-hydrogen) atoms. The Kier molecular flexibility index (Phi) is 1.44. The van der Waals surface area contributed by atoms with E-state index < -0.39 is 0 Å². The molecule has 1 heterocycles. The molecule has 0 radical (unpaired) electrons. The second-order valence-corrected chi connectivity index (χ2v) is 3.12. The van der Waals surface area contributed by atoms with Crippen molar-refractivity contribution in [2.75, 3.05) is 0 Å². The monoisotopic (exact) mass is 148 g/mol. The van der Waals surface area contributed by atoms with Crippen molar-refractivity contribution in [2.24, 2.45) is 0 Å². The Morgan fingerprint density at radius 3 is 3.00 bits per heavy atom. The van der Waals surface area contributed by atoms with Gasteiger partial charge in [-0.1, -0.05) is 18.2 Å². The summed E-state index contributed by atoms with van der Waals surface area (Å²) in [7, 11) is 0. The summed E-state index contributed by atoms with van der Waals surface area (Å²) in [6.45, 7) is 0. The van der Waals surface area contributed by atoms with Gasteiger partial charge in [-0.05, 0) is 34.4 Å². The van der Waals surface area contributed by atoms with Crippen LogP contribution in [0.25, 0.3) is 5.57 Å². The van der Waals surface area contributed by atoms with E-state index in [1.807, 2.05) is 0 Å². The van der Waals surface area contributed by atoms with Crippen LogP contribution in [-0.4, -0.2) is 0 Å². The van der Waals surface area contributed by atoms with Crippen molar-refractivity contribution < 1.29 is 0 Å². The molecule has 0 amide bonds. The maximum absolute atomic E-state index is 2.19. The van der Waals surface area contributed by atoms with Gasteiger partial charge in [0.05, 0.1) is 0 Å². The van der Waals surface area contributed by atoms with Crippen molar-refractivity contribution in [3.8, 4) is 0 Å². The van der Waals surface area contributed by atoms with Crippen LogP contribution in [0.15, 0.2) is 35.1 Å². The van der Waals surface area contributed by atoms with Gasteiger partial charge in [0.2, 0.25) is 0 Å². The molecular weight excluding hydrogens is 140 g/mol. The van der Waals surface area contributed by atoms with Crippen LogP contribution in [0.3, 0.4) is 0 Å². The fourth-order valence-corrected chi connectivity index (χ4v) is 1.79. The summed E-state index contributed by atoms with van der Waals surface area (Å²) in [6.07, 6.45) is 7.60. The Labute approximate surface area is 64.5 Å². The van der Waals surface area contributed by atoms with Crippen LogP contribution in [0.4, 0.5) is 0 Å². The third kappa shape index (κ3) is 0.929. The van der Waals surface area contributed by atoms with E-state index in [9.17, 15) is 0 Å². The highest BCUT2D eigenvalue weighted by molar-refractivity contribution is 7.08. The average molecular weight is 148 g/mol. The van der Waals surface area contributed by atoms with Gasteiger partial charge < -0.3 is 0 Å². The molecule has 50 valence electrons. The Balaban J connectivity index is 2.30. The lowest BCUT2D eigenvalue weighted by molar-refractivity contribution is 1.45. The largest absolute Gasteiger partial charge is 0.152 e. The number of hydrogen-bond acceptors (Lipinski definition) is 1. The van der Waals surface area contributed by atoms with Crippen LogP contribution in [0, 0.1) is 0 Å². The first kappa shape index (κ1) is 5.93. The minimum atomic E-state index is 1.11. The SMILES string of the molecule is C1=CCC(c2ccsc2)=C1. The van der Waals surface area contributed by atoms with Gasteiger partial charge in [-0.2, -0.15) is 11.3 Å². The first-order chi connectivity index (χ1) is 4.97. The highest BCUT2D eigenvalue weighted by Gasteiger charge is 2.01. The van der Waals surface area contributed by atoms with Gasteiger partial charge >= 0.3 is 0 Å². The molecule has 0 nitrogen and oxygen atoms in total. The highest BCUT2D eigenvalue weighted by Crippen LogP contribution is 2.24. The maximum atomic E-state index is 2.19. The average Bonchev–Trinajstić information content (AvgIpc) is 2.59. The quantitative estimate of drug-likeness (QED) is 0.574. The second-order valence-electron chi connectivity index (χ2n) is 2.34. The highest BCUT2D eigenvalue weighted by atomic mass is 32.1. The number of thiophene rings is 1. The Morgan fingerprint density at radius 2 is 2.40 bits per heavy atom. The minimum absolute atomic E-state index is 1.11. The minimum Gasteiger partial charge on any atom is -0.152 e. The summed E-state index contributed by atoms with van der Waals surface area (Å²) in [6, 6.07) is 2.17. The number of rotatable bonds is 1. The van der Waals surface area contributed by atoms with E-state index in [0.29, 0.717) is 0 Å². The van der Waals surface area contributed by atoms with Crippen LogP contribution < -0.4 is 0 Å². The maximum Gasteiger partial charge on any atom is -0.00179 e. The van der Waals surface area contributed by atoms with Gasteiger partial charge in [0.25, 0.3) is 0 Å². The van der Waals surface area contributed by atoms with Gasteiger partial charge in [-0.15, -0.1) is 0 Å². The van der Waals surface area contributed by atoms with E-state index in [0.717, 1.165) is 6.42 Å². The van der Waals surface area contributed by atoms with E-state index in [1.54, 1.807) is 11.3 Å². The van der Waals surface area contributed by atoms with Gasteiger partial charge in [0.15, 0.2) is 0 Å². The van der Waals surface area contributed by atoms with Crippen molar-refractivity contribution in [3.63, 3.8) is 0 Å². The second kappa shape index (κ2) is 2.43. The zero-order chi connectivity index (χ0) is 6.81. The molecule has 0 fully saturated rings. The predicted molar refractivity (Wildman–Crippen MR) is 46.1 cm³/mol. The van der Waals surface area contributed by atoms with Crippen LogP contribution in [0.2, 0.25) is 0 Å². The first-order valence-corrected chi connectivity index (χ1v) is 4.29. The van der Waals surface area contributed by atoms with E-state index in [4.69, 9.17) is 0 Å². The van der Waals surface area contributed by atoms with Crippen LogP contribution in [-0.2, 0) is 0 Å². The first-order valence-electron chi connectivity index (χ1n) is 3.35. The lowest BCUT2D eigenvalue weighted by Crippen LogP contribution is -1.72. The lowest BCUT2D eigenvalue weighted by Gasteiger charge is -1.93. The van der Waals surface area contributed by atoms with Crippen molar-refractivity contribution >= 4 is 16.9 Å². The fourth-order valence-electron chi connectivity index (χ4n) is 1.11. The summed E-state index contributed by atoms with van der Waals surface area (Å²) in [4.78, 5) is 0. The van der Waals surface area contributed by atoms with Gasteiger partial charge in [-0.25, -0.2) is 0 Å². The van der Waals surface area contributed by atoms with Gasteiger partial charge in [-0.3, -0.25) is 0 Å². The van der Waals surface area contributed by atoms with E-state index in [1.165, 1.54) is 11.1 Å². The smallest absolute Gasteiger partial charge is 0.00179 e. The summed E-state index contributed by atoms with van der Waals surface area (Å²) in [5.41, 5.74) is 2.83. The molecule has 0 aromatic carbocycles. The van der Waals surface area contributed by atoms with Crippen molar-refractivity contribution in [2.45, 2.75) is 6.42 Å². The normalized spacial score (nSPS) is 15.8. The summed E-state index contributed by atoms with van der Waals surface area (Å²) in [5, 5.41) is 4.31. The molecule has 0 unspecified atom stereocenters. The summed E-state index contributed by atoms with van der Waals surface area (Å²) < 4.78 is 0. The molecule has 1 aromatic rings. The molecule has 0 N–H and O–H groups in total. The molecular formula is C9H8S. The van der Waals surface area contributed by atoms with Crippen molar-refractivity contribution in [1.82, 2.24) is 0 Å². The molecule has 0 spiro atoms. The molecule has 0 aliphatic heterocycles. The zero-order valence-corrected chi connectivity index (χ0v) is 6.40. The van der Waals surface area contributed by atoms with Crippen molar-refractivity contribution in [1.29, 1.82) is 0 Å². The van der Waals surface area contributed by atoms with E-state index in [2.05, 4.69) is 35.1 Å². The third-order valence-corrected chi connectivity index (χ3v) is 2.35. The molecule has 0 saturated heterocycles. The molecule has 1 aliphatic rings.